The summed E-state index contributed by atoms with van der Waals surface area (Å²) >= 11 is 0. The van der Waals surface area contributed by atoms with E-state index in [1.807, 2.05) is 11.9 Å². The molecular weight excluding hydrogens is 234 g/mol. The van der Waals surface area contributed by atoms with Crippen molar-refractivity contribution in [3.8, 4) is 0 Å². The fraction of sp³-hybridized carbons (Fsp3) is 0.941. The van der Waals surface area contributed by atoms with Crippen LogP contribution in [-0.2, 0) is 4.79 Å². The van der Waals surface area contributed by atoms with E-state index in [0.717, 1.165) is 32.2 Å². The van der Waals surface area contributed by atoms with E-state index in [4.69, 9.17) is 0 Å². The molecule has 0 spiro atoms. The molecule has 1 amide bonds. The Kier molecular flexibility index (Phi) is 13.5. The van der Waals surface area contributed by atoms with Crippen molar-refractivity contribution in [3.05, 3.63) is 0 Å². The van der Waals surface area contributed by atoms with E-state index in [9.17, 15) is 4.79 Å². The molecule has 0 aromatic heterocycles. The van der Waals surface area contributed by atoms with Gasteiger partial charge in [0, 0.05) is 20.0 Å². The van der Waals surface area contributed by atoms with Gasteiger partial charge >= 0.3 is 0 Å². The van der Waals surface area contributed by atoms with Gasteiger partial charge in [0.05, 0.1) is 0 Å². The molecule has 19 heavy (non-hydrogen) atoms. The molecule has 0 N–H and O–H groups in total. The van der Waals surface area contributed by atoms with Gasteiger partial charge in [-0.1, -0.05) is 71.6 Å². The average Bonchev–Trinajstić information content (AvgIpc) is 2.42. The van der Waals surface area contributed by atoms with Gasteiger partial charge in [-0.05, 0) is 12.8 Å². The summed E-state index contributed by atoms with van der Waals surface area (Å²) in [5.41, 5.74) is 0. The zero-order chi connectivity index (χ0) is 14.3. The van der Waals surface area contributed by atoms with Crippen LogP contribution in [0.3, 0.4) is 0 Å². The highest BCUT2D eigenvalue weighted by Gasteiger charge is 2.06. The molecule has 0 atom stereocenters. The number of carbonyl (C=O) groups is 1. The number of nitrogens with zero attached hydrogens (tertiary/aromatic N) is 1. The van der Waals surface area contributed by atoms with Crippen molar-refractivity contribution in [2.24, 2.45) is 0 Å². The van der Waals surface area contributed by atoms with Gasteiger partial charge in [-0.3, -0.25) is 4.79 Å². The van der Waals surface area contributed by atoms with E-state index in [1.54, 1.807) is 0 Å². The summed E-state index contributed by atoms with van der Waals surface area (Å²) in [6, 6.07) is 0. The Labute approximate surface area is 120 Å². The minimum atomic E-state index is 0.330. The summed E-state index contributed by atoms with van der Waals surface area (Å²) in [5.74, 6) is 0.330. The van der Waals surface area contributed by atoms with Gasteiger partial charge < -0.3 is 4.90 Å². The van der Waals surface area contributed by atoms with Crippen molar-refractivity contribution in [1.82, 2.24) is 4.90 Å². The van der Waals surface area contributed by atoms with Crippen LogP contribution < -0.4 is 0 Å². The first-order valence-corrected chi connectivity index (χ1v) is 8.46. The van der Waals surface area contributed by atoms with E-state index >= 15 is 0 Å². The molecule has 0 saturated heterocycles. The first kappa shape index (κ1) is 18.5. The van der Waals surface area contributed by atoms with Gasteiger partial charge in [-0.15, -0.1) is 0 Å². The van der Waals surface area contributed by atoms with Gasteiger partial charge in [0.25, 0.3) is 0 Å². The van der Waals surface area contributed by atoms with E-state index < -0.39 is 0 Å². The largest absolute Gasteiger partial charge is 0.346 e. The minimum Gasteiger partial charge on any atom is -0.346 e. The topological polar surface area (TPSA) is 20.3 Å². The summed E-state index contributed by atoms with van der Waals surface area (Å²) in [6.45, 7) is 5.35. The lowest BCUT2D eigenvalue weighted by atomic mass is 10.1. The Hall–Kier alpha value is -0.530. The number of carbonyl (C=O) groups excluding carboxylic acids is 1. The van der Waals surface area contributed by atoms with Crippen LogP contribution in [0.4, 0.5) is 0 Å². The molecule has 2 heteroatoms. The zero-order valence-corrected chi connectivity index (χ0v) is 13.5. The third kappa shape index (κ3) is 12.3. The molecule has 0 aliphatic carbocycles. The van der Waals surface area contributed by atoms with Crippen LogP contribution in [0, 0.1) is 0 Å². The molecule has 0 aromatic carbocycles. The molecule has 0 heterocycles. The highest BCUT2D eigenvalue weighted by atomic mass is 16.2. The lowest BCUT2D eigenvalue weighted by Crippen LogP contribution is -2.27. The number of rotatable bonds is 13. The third-order valence-electron chi connectivity index (χ3n) is 3.77. The predicted octanol–water partition coefficient (Wildman–Crippen LogP) is 5.17. The minimum absolute atomic E-state index is 0.330. The molecule has 0 radical (unpaired) electrons. The summed E-state index contributed by atoms with van der Waals surface area (Å²) in [6.07, 6.45) is 14.9. The second-order valence-electron chi connectivity index (χ2n) is 5.75. The Bertz CT molecular complexity index is 203. The van der Waals surface area contributed by atoms with Crippen LogP contribution in [0.25, 0.3) is 0 Å². The summed E-state index contributed by atoms with van der Waals surface area (Å²) < 4.78 is 0. The summed E-state index contributed by atoms with van der Waals surface area (Å²) in [7, 11) is 1.94. The van der Waals surface area contributed by atoms with Crippen LogP contribution in [0.5, 0.6) is 0 Å². The Morgan fingerprint density at radius 1 is 0.737 bits per heavy atom. The Morgan fingerprint density at radius 2 is 1.21 bits per heavy atom. The number of amides is 1. The second kappa shape index (κ2) is 13.9. The molecule has 114 valence electrons. The fourth-order valence-electron chi connectivity index (χ4n) is 2.30. The molecular formula is C17H35NO. The van der Waals surface area contributed by atoms with Crippen LogP contribution in [-0.4, -0.2) is 24.4 Å². The quantitative estimate of drug-likeness (QED) is 0.423. The maximum absolute atomic E-state index is 11.8. The molecule has 0 aliphatic rings. The van der Waals surface area contributed by atoms with Gasteiger partial charge in [-0.25, -0.2) is 0 Å². The van der Waals surface area contributed by atoms with Gasteiger partial charge in [-0.2, -0.15) is 0 Å². The molecule has 0 unspecified atom stereocenters. The SMILES string of the molecule is CCCCCCCCCCCC(=O)N(C)CCCC. The monoisotopic (exact) mass is 269 g/mol. The van der Waals surface area contributed by atoms with E-state index in [-0.39, 0.29) is 0 Å². The second-order valence-corrected chi connectivity index (χ2v) is 5.75. The molecule has 0 aromatic rings. The van der Waals surface area contributed by atoms with Crippen molar-refractivity contribution < 1.29 is 4.79 Å². The van der Waals surface area contributed by atoms with Crippen LogP contribution in [0.1, 0.15) is 90.9 Å². The predicted molar refractivity (Wildman–Crippen MR) is 84.4 cm³/mol. The normalized spacial score (nSPS) is 10.7. The maximum atomic E-state index is 11.8. The lowest BCUT2D eigenvalue weighted by Gasteiger charge is -2.16. The van der Waals surface area contributed by atoms with Crippen molar-refractivity contribution in [2.45, 2.75) is 90.9 Å². The molecule has 0 rings (SSSR count). The van der Waals surface area contributed by atoms with E-state index in [0.29, 0.717) is 5.91 Å². The first-order chi connectivity index (χ1) is 9.22. The van der Waals surface area contributed by atoms with Crippen molar-refractivity contribution in [2.75, 3.05) is 13.6 Å². The standard InChI is InChI=1S/C17H35NO/c1-4-6-8-9-10-11-12-13-14-15-17(19)18(3)16-7-5-2/h4-16H2,1-3H3. The van der Waals surface area contributed by atoms with E-state index in [1.165, 1.54) is 51.4 Å². The average molecular weight is 269 g/mol. The highest BCUT2D eigenvalue weighted by molar-refractivity contribution is 5.75. The summed E-state index contributed by atoms with van der Waals surface area (Å²) in [5, 5.41) is 0. The fourth-order valence-corrected chi connectivity index (χ4v) is 2.30. The van der Waals surface area contributed by atoms with Crippen LogP contribution in [0.2, 0.25) is 0 Å². The maximum Gasteiger partial charge on any atom is 0.222 e. The van der Waals surface area contributed by atoms with Crippen LogP contribution in [0.15, 0.2) is 0 Å². The van der Waals surface area contributed by atoms with Crippen molar-refractivity contribution in [1.29, 1.82) is 0 Å². The van der Waals surface area contributed by atoms with Crippen molar-refractivity contribution >= 4 is 5.91 Å². The van der Waals surface area contributed by atoms with Crippen LogP contribution >= 0.6 is 0 Å². The Morgan fingerprint density at radius 3 is 1.74 bits per heavy atom. The van der Waals surface area contributed by atoms with E-state index in [2.05, 4.69) is 13.8 Å². The number of hydrogen-bond acceptors (Lipinski definition) is 1. The number of unbranched alkanes of at least 4 members (excludes halogenated alkanes) is 9. The van der Waals surface area contributed by atoms with Crippen molar-refractivity contribution in [3.63, 3.8) is 0 Å². The Balaban J connectivity index is 3.27. The molecule has 0 aliphatic heterocycles. The smallest absolute Gasteiger partial charge is 0.222 e. The molecule has 0 fully saturated rings. The summed E-state index contributed by atoms with van der Waals surface area (Å²) in [4.78, 5) is 13.7. The van der Waals surface area contributed by atoms with Gasteiger partial charge in [0.2, 0.25) is 5.91 Å². The number of hydrogen-bond donors (Lipinski definition) is 0. The molecule has 2 nitrogen and oxygen atoms in total. The molecule has 0 bridgehead atoms. The highest BCUT2D eigenvalue weighted by Crippen LogP contribution is 2.11. The van der Waals surface area contributed by atoms with Gasteiger partial charge in [0.15, 0.2) is 0 Å². The third-order valence-corrected chi connectivity index (χ3v) is 3.77. The molecule has 0 saturated carbocycles. The zero-order valence-electron chi connectivity index (χ0n) is 13.5. The van der Waals surface area contributed by atoms with Gasteiger partial charge in [0.1, 0.15) is 0 Å². The first-order valence-electron chi connectivity index (χ1n) is 8.46. The lowest BCUT2D eigenvalue weighted by molar-refractivity contribution is -0.130.